The van der Waals surface area contributed by atoms with E-state index in [1.807, 2.05) is 4.68 Å². The lowest BCUT2D eigenvalue weighted by Gasteiger charge is -2.03. The molecule has 3 heteroatoms. The van der Waals surface area contributed by atoms with Crippen molar-refractivity contribution in [1.82, 2.24) is 15.0 Å². The van der Waals surface area contributed by atoms with Gasteiger partial charge in [-0.15, -0.1) is 5.10 Å². The molecule has 0 saturated carbocycles. The quantitative estimate of drug-likeness (QED) is 0.697. The Kier molecular flexibility index (Phi) is 3.93. The zero-order chi connectivity index (χ0) is 9.68. The normalized spacial score (nSPS) is 10.7. The van der Waals surface area contributed by atoms with Gasteiger partial charge >= 0.3 is 0 Å². The molecule has 1 rings (SSSR count). The number of hydrogen-bond donors (Lipinski definition) is 0. The van der Waals surface area contributed by atoms with Crippen LogP contribution in [0.15, 0.2) is 0 Å². The molecule has 74 valence electrons. The molecule has 0 aliphatic carbocycles. The molecule has 0 aliphatic heterocycles. The lowest BCUT2D eigenvalue weighted by atomic mass is 10.1. The van der Waals surface area contributed by atoms with Crippen molar-refractivity contribution in [3.8, 4) is 0 Å². The number of aromatic nitrogens is 3. The summed E-state index contributed by atoms with van der Waals surface area (Å²) in [6.45, 7) is 7.43. The fourth-order valence-corrected chi connectivity index (χ4v) is 1.56. The predicted molar refractivity (Wildman–Crippen MR) is 53.7 cm³/mol. The highest BCUT2D eigenvalue weighted by Gasteiger charge is 2.09. The van der Waals surface area contributed by atoms with Gasteiger partial charge in [-0.05, 0) is 19.8 Å². The molecular formula is C10H19N3. The Morgan fingerprint density at radius 1 is 1.08 bits per heavy atom. The average molecular weight is 181 g/mol. The topological polar surface area (TPSA) is 30.7 Å². The summed E-state index contributed by atoms with van der Waals surface area (Å²) in [5, 5.41) is 8.35. The van der Waals surface area contributed by atoms with Gasteiger partial charge in [-0.25, -0.2) is 4.68 Å². The first kappa shape index (κ1) is 10.2. The molecule has 0 spiro atoms. The summed E-state index contributed by atoms with van der Waals surface area (Å²) in [5.74, 6) is 0. The largest absolute Gasteiger partial charge is 0.249 e. The molecule has 1 aromatic heterocycles. The van der Waals surface area contributed by atoms with E-state index in [-0.39, 0.29) is 0 Å². The molecule has 0 unspecified atom stereocenters. The Morgan fingerprint density at radius 2 is 1.77 bits per heavy atom. The molecule has 1 aromatic rings. The monoisotopic (exact) mass is 181 g/mol. The van der Waals surface area contributed by atoms with Crippen molar-refractivity contribution in [2.45, 2.75) is 53.0 Å². The van der Waals surface area contributed by atoms with Crippen molar-refractivity contribution in [1.29, 1.82) is 0 Å². The van der Waals surface area contributed by atoms with E-state index in [1.54, 1.807) is 0 Å². The van der Waals surface area contributed by atoms with Crippen LogP contribution in [-0.4, -0.2) is 15.0 Å². The molecule has 0 atom stereocenters. The zero-order valence-corrected chi connectivity index (χ0v) is 8.88. The van der Waals surface area contributed by atoms with Crippen LogP contribution >= 0.6 is 0 Å². The number of hydrogen-bond acceptors (Lipinski definition) is 2. The molecular weight excluding hydrogens is 162 g/mol. The Bertz CT molecular complexity index is 253. The van der Waals surface area contributed by atoms with E-state index in [2.05, 4.69) is 31.1 Å². The number of rotatable bonds is 5. The number of aryl methyl sites for hydroxylation is 2. The lowest BCUT2D eigenvalue weighted by molar-refractivity contribution is 0.593. The highest BCUT2D eigenvalue weighted by molar-refractivity contribution is 5.10. The van der Waals surface area contributed by atoms with Gasteiger partial charge in [-0.3, -0.25) is 0 Å². The summed E-state index contributed by atoms with van der Waals surface area (Å²) in [7, 11) is 0. The minimum Gasteiger partial charge on any atom is -0.249 e. The van der Waals surface area contributed by atoms with Gasteiger partial charge in [0.2, 0.25) is 0 Å². The van der Waals surface area contributed by atoms with E-state index in [1.165, 1.54) is 17.8 Å². The second-order valence-electron chi connectivity index (χ2n) is 3.30. The summed E-state index contributed by atoms with van der Waals surface area (Å²) in [4.78, 5) is 0. The Balaban J connectivity index is 2.85. The van der Waals surface area contributed by atoms with Gasteiger partial charge in [0.05, 0.1) is 11.4 Å². The van der Waals surface area contributed by atoms with Crippen LogP contribution in [0.3, 0.4) is 0 Å². The first-order valence-electron chi connectivity index (χ1n) is 5.24. The van der Waals surface area contributed by atoms with Crippen molar-refractivity contribution in [3.63, 3.8) is 0 Å². The Labute approximate surface area is 80.1 Å². The lowest BCUT2D eigenvalue weighted by Crippen LogP contribution is -2.03. The zero-order valence-electron chi connectivity index (χ0n) is 8.88. The van der Waals surface area contributed by atoms with Gasteiger partial charge in [-0.2, -0.15) is 0 Å². The fraction of sp³-hybridized carbons (Fsp3) is 0.800. The first-order chi connectivity index (χ1) is 6.33. The predicted octanol–water partition coefficient (Wildman–Crippen LogP) is 2.20. The maximum atomic E-state index is 4.21. The summed E-state index contributed by atoms with van der Waals surface area (Å²) >= 11 is 0. The third kappa shape index (κ3) is 2.29. The molecule has 0 radical (unpaired) electrons. The third-order valence-electron chi connectivity index (χ3n) is 2.19. The molecule has 0 aliphatic rings. The van der Waals surface area contributed by atoms with Crippen LogP contribution in [0, 0.1) is 0 Å². The SMILES string of the molecule is CCCc1nnn(CC)c1CCC. The maximum absolute atomic E-state index is 4.21. The van der Waals surface area contributed by atoms with Gasteiger partial charge in [0.15, 0.2) is 0 Å². The first-order valence-corrected chi connectivity index (χ1v) is 5.24. The minimum atomic E-state index is 0.937. The second kappa shape index (κ2) is 5.00. The standard InChI is InChI=1S/C10H19N3/c1-4-7-9-10(8-5-2)13(6-3)12-11-9/h4-8H2,1-3H3. The maximum Gasteiger partial charge on any atom is 0.0859 e. The summed E-state index contributed by atoms with van der Waals surface area (Å²) in [6, 6.07) is 0. The van der Waals surface area contributed by atoms with Crippen LogP contribution in [-0.2, 0) is 19.4 Å². The fourth-order valence-electron chi connectivity index (χ4n) is 1.56. The van der Waals surface area contributed by atoms with Crippen LogP contribution in [0.2, 0.25) is 0 Å². The van der Waals surface area contributed by atoms with Crippen molar-refractivity contribution in [3.05, 3.63) is 11.4 Å². The van der Waals surface area contributed by atoms with Crippen molar-refractivity contribution >= 4 is 0 Å². The molecule has 1 heterocycles. The van der Waals surface area contributed by atoms with Gasteiger partial charge in [0.25, 0.3) is 0 Å². The highest BCUT2D eigenvalue weighted by Crippen LogP contribution is 2.10. The second-order valence-corrected chi connectivity index (χ2v) is 3.30. The minimum absolute atomic E-state index is 0.937. The van der Waals surface area contributed by atoms with Crippen LogP contribution in [0.4, 0.5) is 0 Å². The Hall–Kier alpha value is -0.860. The van der Waals surface area contributed by atoms with Gasteiger partial charge in [0.1, 0.15) is 0 Å². The number of nitrogens with zero attached hydrogens (tertiary/aromatic N) is 3. The third-order valence-corrected chi connectivity index (χ3v) is 2.19. The summed E-state index contributed by atoms with van der Waals surface area (Å²) in [5.41, 5.74) is 2.54. The molecule has 0 N–H and O–H groups in total. The average Bonchev–Trinajstić information content (AvgIpc) is 2.50. The van der Waals surface area contributed by atoms with E-state index in [9.17, 15) is 0 Å². The van der Waals surface area contributed by atoms with Crippen LogP contribution in [0.5, 0.6) is 0 Å². The summed E-state index contributed by atoms with van der Waals surface area (Å²) < 4.78 is 2.02. The van der Waals surface area contributed by atoms with Crippen molar-refractivity contribution < 1.29 is 0 Å². The molecule has 0 bridgehead atoms. The van der Waals surface area contributed by atoms with E-state index in [0.29, 0.717) is 0 Å². The van der Waals surface area contributed by atoms with Crippen LogP contribution in [0.1, 0.15) is 45.0 Å². The molecule has 0 saturated heterocycles. The molecule has 0 aromatic carbocycles. The molecule has 3 nitrogen and oxygen atoms in total. The van der Waals surface area contributed by atoms with Gasteiger partial charge in [-0.1, -0.05) is 31.9 Å². The summed E-state index contributed by atoms with van der Waals surface area (Å²) in [6.07, 6.45) is 4.49. The van der Waals surface area contributed by atoms with E-state index < -0.39 is 0 Å². The molecule has 13 heavy (non-hydrogen) atoms. The Morgan fingerprint density at radius 3 is 2.31 bits per heavy atom. The van der Waals surface area contributed by atoms with Gasteiger partial charge < -0.3 is 0 Å². The molecule has 0 fully saturated rings. The molecule has 0 amide bonds. The van der Waals surface area contributed by atoms with Crippen molar-refractivity contribution in [2.75, 3.05) is 0 Å². The van der Waals surface area contributed by atoms with Crippen LogP contribution in [0.25, 0.3) is 0 Å². The van der Waals surface area contributed by atoms with E-state index in [4.69, 9.17) is 0 Å². The smallest absolute Gasteiger partial charge is 0.0859 e. The highest BCUT2D eigenvalue weighted by atomic mass is 15.4. The van der Waals surface area contributed by atoms with Crippen LogP contribution < -0.4 is 0 Å². The van der Waals surface area contributed by atoms with Crippen molar-refractivity contribution in [2.24, 2.45) is 0 Å². The van der Waals surface area contributed by atoms with Gasteiger partial charge in [0, 0.05) is 6.54 Å². The van der Waals surface area contributed by atoms with E-state index in [0.717, 1.165) is 25.8 Å². The van der Waals surface area contributed by atoms with E-state index >= 15 is 0 Å².